The molecule has 2 unspecified atom stereocenters. The smallest absolute Gasteiger partial charge is 0.322 e. The van der Waals surface area contributed by atoms with Gasteiger partial charge in [0.15, 0.2) is 0 Å². The first kappa shape index (κ1) is 21.4. The molecule has 0 radical (unpaired) electrons. The Morgan fingerprint density at radius 2 is 2.03 bits per heavy atom. The van der Waals surface area contributed by atoms with Crippen LogP contribution >= 0.6 is 11.6 Å². The summed E-state index contributed by atoms with van der Waals surface area (Å²) in [7, 11) is 1.45. The second-order valence-electron chi connectivity index (χ2n) is 7.96. The summed E-state index contributed by atoms with van der Waals surface area (Å²) in [6, 6.07) is 2.64. The van der Waals surface area contributed by atoms with Gasteiger partial charge in [0.2, 0.25) is 5.91 Å². The van der Waals surface area contributed by atoms with Gasteiger partial charge in [0.25, 0.3) is 5.91 Å². The number of imide groups is 1. The average Bonchev–Trinajstić information content (AvgIpc) is 2.94. The van der Waals surface area contributed by atoms with Crippen LogP contribution < -0.4 is 15.4 Å². The number of piperidine rings is 1. The number of carbonyl (C=O) groups excluding carboxylic acids is 3. The van der Waals surface area contributed by atoms with Crippen molar-refractivity contribution in [3.8, 4) is 5.75 Å². The molecule has 2 saturated heterocycles. The van der Waals surface area contributed by atoms with E-state index in [9.17, 15) is 18.8 Å². The molecule has 0 spiro atoms. The molecule has 2 atom stereocenters. The van der Waals surface area contributed by atoms with Gasteiger partial charge in [-0.25, -0.2) is 9.18 Å². The molecule has 1 aromatic rings. The van der Waals surface area contributed by atoms with Crippen LogP contribution in [0.15, 0.2) is 12.1 Å². The van der Waals surface area contributed by atoms with Crippen molar-refractivity contribution in [3.63, 3.8) is 0 Å². The number of halogens is 2. The number of rotatable bonds is 5. The lowest BCUT2D eigenvalue weighted by Gasteiger charge is -2.35. The highest BCUT2D eigenvalue weighted by atomic mass is 35.5. The molecule has 0 aromatic heterocycles. The third kappa shape index (κ3) is 4.32. The number of urea groups is 1. The predicted octanol–water partition coefficient (Wildman–Crippen LogP) is 2.82. The summed E-state index contributed by atoms with van der Waals surface area (Å²) in [5.41, 5.74) is -0.274. The number of nitrogens with one attached hydrogen (secondary N) is 2. The lowest BCUT2D eigenvalue weighted by molar-refractivity contribution is -0.137. The van der Waals surface area contributed by atoms with Gasteiger partial charge in [0.1, 0.15) is 22.1 Å². The van der Waals surface area contributed by atoms with Crippen LogP contribution in [0.4, 0.5) is 9.18 Å². The fraction of sp³-hybridized carbons (Fsp3) is 0.550. The molecule has 2 heterocycles. The maximum absolute atomic E-state index is 14.0. The molecule has 3 rings (SSSR count). The van der Waals surface area contributed by atoms with E-state index in [0.717, 1.165) is 5.56 Å². The van der Waals surface area contributed by atoms with Gasteiger partial charge >= 0.3 is 6.03 Å². The molecular weight excluding hydrogens is 401 g/mol. The molecule has 1 aromatic carbocycles. The lowest BCUT2D eigenvalue weighted by atomic mass is 9.86. The molecule has 0 bridgehead atoms. The van der Waals surface area contributed by atoms with E-state index >= 15 is 0 Å². The summed E-state index contributed by atoms with van der Waals surface area (Å²) in [4.78, 5) is 38.0. The quantitative estimate of drug-likeness (QED) is 0.710. The summed E-state index contributed by atoms with van der Waals surface area (Å²) in [6.07, 6.45) is 1.61. The number of amides is 4. The van der Waals surface area contributed by atoms with Crippen molar-refractivity contribution in [2.45, 2.75) is 44.6 Å². The standard InChI is InChI=1S/C20H25ClFN3O4/c1-11(10-20(2)18(27)23-19(28)24-20)17(26)25-6-4-12(5-7-25)13-8-14(22)16(21)15(9-13)29-3/h8-9,11-12H,4-7,10H2,1-3H3,(H2,23,24,27,28). The molecule has 2 aliphatic rings. The van der Waals surface area contributed by atoms with Crippen molar-refractivity contribution in [3.05, 3.63) is 28.5 Å². The molecule has 2 aliphatic heterocycles. The largest absolute Gasteiger partial charge is 0.495 e. The summed E-state index contributed by atoms with van der Waals surface area (Å²) in [5.74, 6) is -1.00. The summed E-state index contributed by atoms with van der Waals surface area (Å²) in [5, 5.41) is 4.77. The zero-order valence-corrected chi connectivity index (χ0v) is 17.4. The van der Waals surface area contributed by atoms with Gasteiger partial charge in [-0.1, -0.05) is 18.5 Å². The number of hydrogen-bond acceptors (Lipinski definition) is 4. The molecule has 0 aliphatic carbocycles. The van der Waals surface area contributed by atoms with Crippen LogP contribution in [0, 0.1) is 11.7 Å². The minimum atomic E-state index is -1.08. The number of methoxy groups -OCH3 is 1. The van der Waals surface area contributed by atoms with Crippen molar-refractivity contribution < 1.29 is 23.5 Å². The van der Waals surface area contributed by atoms with E-state index in [2.05, 4.69) is 10.6 Å². The van der Waals surface area contributed by atoms with Crippen molar-refractivity contribution in [2.24, 2.45) is 5.92 Å². The van der Waals surface area contributed by atoms with E-state index in [-0.39, 0.29) is 23.3 Å². The van der Waals surface area contributed by atoms with Gasteiger partial charge in [0, 0.05) is 19.0 Å². The highest BCUT2D eigenvalue weighted by molar-refractivity contribution is 6.32. The lowest BCUT2D eigenvalue weighted by Crippen LogP contribution is -2.48. The van der Waals surface area contributed by atoms with Crippen LogP contribution in [0.5, 0.6) is 5.75 Å². The maximum Gasteiger partial charge on any atom is 0.322 e. The Labute approximate surface area is 173 Å². The summed E-state index contributed by atoms with van der Waals surface area (Å²) >= 11 is 5.90. The van der Waals surface area contributed by atoms with E-state index in [1.165, 1.54) is 13.2 Å². The van der Waals surface area contributed by atoms with E-state index in [0.29, 0.717) is 31.7 Å². The van der Waals surface area contributed by atoms with E-state index in [1.807, 2.05) is 0 Å². The van der Waals surface area contributed by atoms with Crippen molar-refractivity contribution in [1.29, 1.82) is 0 Å². The van der Waals surface area contributed by atoms with Gasteiger partial charge in [-0.2, -0.15) is 0 Å². The van der Waals surface area contributed by atoms with E-state index in [4.69, 9.17) is 16.3 Å². The summed E-state index contributed by atoms with van der Waals surface area (Å²) in [6.45, 7) is 4.45. The number of benzene rings is 1. The minimum absolute atomic E-state index is 0.0331. The third-order valence-electron chi connectivity index (χ3n) is 5.77. The Morgan fingerprint density at radius 1 is 1.38 bits per heavy atom. The fourth-order valence-corrected chi connectivity index (χ4v) is 4.32. The normalized spacial score (nSPS) is 23.6. The van der Waals surface area contributed by atoms with Crippen LogP contribution in [0.3, 0.4) is 0 Å². The van der Waals surface area contributed by atoms with Gasteiger partial charge in [-0.15, -0.1) is 0 Å². The fourth-order valence-electron chi connectivity index (χ4n) is 4.14. The van der Waals surface area contributed by atoms with E-state index in [1.54, 1.807) is 24.8 Å². The highest BCUT2D eigenvalue weighted by Crippen LogP contribution is 2.36. The zero-order valence-electron chi connectivity index (χ0n) is 16.7. The second kappa shape index (κ2) is 8.18. The van der Waals surface area contributed by atoms with Gasteiger partial charge < -0.3 is 15.0 Å². The molecule has 158 valence electrons. The molecule has 4 amide bonds. The number of likely N-dealkylation sites (tertiary alicyclic amines) is 1. The van der Waals surface area contributed by atoms with Gasteiger partial charge in [-0.05, 0) is 49.8 Å². The van der Waals surface area contributed by atoms with Gasteiger partial charge in [-0.3, -0.25) is 14.9 Å². The SMILES string of the molecule is COc1cc(C2CCN(C(=O)C(C)CC3(C)NC(=O)NC3=O)CC2)cc(F)c1Cl. The summed E-state index contributed by atoms with van der Waals surface area (Å²) < 4.78 is 19.2. The van der Waals surface area contributed by atoms with Crippen molar-refractivity contribution >= 4 is 29.4 Å². The zero-order chi connectivity index (χ0) is 21.3. The number of carbonyl (C=O) groups is 3. The average molecular weight is 426 g/mol. The third-order valence-corrected chi connectivity index (χ3v) is 6.14. The van der Waals surface area contributed by atoms with Crippen LogP contribution in [0.25, 0.3) is 0 Å². The van der Waals surface area contributed by atoms with Crippen molar-refractivity contribution in [2.75, 3.05) is 20.2 Å². The Bertz CT molecular complexity index is 841. The molecule has 0 saturated carbocycles. The minimum Gasteiger partial charge on any atom is -0.495 e. The van der Waals surface area contributed by atoms with Gasteiger partial charge in [0.05, 0.1) is 7.11 Å². The molecule has 7 nitrogen and oxygen atoms in total. The molecular formula is C20H25ClFN3O4. The first-order chi connectivity index (χ1) is 13.6. The second-order valence-corrected chi connectivity index (χ2v) is 8.34. The van der Waals surface area contributed by atoms with Crippen LogP contribution in [-0.2, 0) is 9.59 Å². The monoisotopic (exact) mass is 425 g/mol. The first-order valence-corrected chi connectivity index (χ1v) is 9.97. The Hall–Kier alpha value is -2.35. The molecule has 2 N–H and O–H groups in total. The Kier molecular flexibility index (Phi) is 6.03. The Morgan fingerprint density at radius 3 is 2.59 bits per heavy atom. The number of ether oxygens (including phenoxy) is 1. The molecule has 29 heavy (non-hydrogen) atoms. The maximum atomic E-state index is 14.0. The van der Waals surface area contributed by atoms with Crippen LogP contribution in [0.2, 0.25) is 5.02 Å². The van der Waals surface area contributed by atoms with Crippen LogP contribution in [-0.4, -0.2) is 48.5 Å². The molecule has 2 fully saturated rings. The first-order valence-electron chi connectivity index (χ1n) is 9.60. The molecule has 9 heteroatoms. The van der Waals surface area contributed by atoms with Crippen molar-refractivity contribution in [1.82, 2.24) is 15.5 Å². The number of hydrogen-bond donors (Lipinski definition) is 2. The topological polar surface area (TPSA) is 87.7 Å². The van der Waals surface area contributed by atoms with Crippen LogP contribution in [0.1, 0.15) is 44.6 Å². The number of nitrogens with zero attached hydrogens (tertiary/aromatic N) is 1. The Balaban J connectivity index is 1.60. The van der Waals surface area contributed by atoms with E-state index < -0.39 is 29.2 Å². The highest BCUT2D eigenvalue weighted by Gasteiger charge is 2.44. The predicted molar refractivity (Wildman–Crippen MR) is 105 cm³/mol.